The van der Waals surface area contributed by atoms with E-state index in [2.05, 4.69) is 0 Å². The lowest BCUT2D eigenvalue weighted by Gasteiger charge is -2.47. The molecule has 2 aromatic rings. The normalized spacial score (nSPS) is 29.6. The second-order valence-corrected chi connectivity index (χ2v) is 7.04. The Labute approximate surface area is 151 Å². The van der Waals surface area contributed by atoms with E-state index in [4.69, 9.17) is 4.74 Å². The molecule has 0 fully saturated rings. The molecule has 1 aliphatic carbocycles. The minimum absolute atomic E-state index is 0.0588. The molecular weight excluding hydrogens is 330 g/mol. The van der Waals surface area contributed by atoms with Gasteiger partial charge in [0.15, 0.2) is 6.61 Å². The van der Waals surface area contributed by atoms with Crippen molar-refractivity contribution >= 4 is 6.29 Å². The van der Waals surface area contributed by atoms with Crippen LogP contribution in [0.3, 0.4) is 0 Å². The third-order valence-electron chi connectivity index (χ3n) is 5.67. The third kappa shape index (κ3) is 2.20. The summed E-state index contributed by atoms with van der Waals surface area (Å²) in [6, 6.07) is 16.7. The van der Waals surface area contributed by atoms with Gasteiger partial charge < -0.3 is 4.74 Å². The van der Waals surface area contributed by atoms with Crippen LogP contribution in [0.1, 0.15) is 29.9 Å². The number of rotatable bonds is 3. The lowest BCUT2D eigenvalue weighted by molar-refractivity contribution is -0.584. The van der Waals surface area contributed by atoms with Crippen LogP contribution < -0.4 is 4.74 Å². The molecular formula is C21H19NO4. The van der Waals surface area contributed by atoms with Gasteiger partial charge in [0.05, 0.1) is 11.8 Å². The van der Waals surface area contributed by atoms with Crippen molar-refractivity contribution in [2.45, 2.75) is 24.3 Å². The first-order chi connectivity index (χ1) is 12.6. The van der Waals surface area contributed by atoms with Gasteiger partial charge in [-0.3, -0.25) is 14.9 Å². The minimum Gasteiger partial charge on any atom is -0.486 e. The third-order valence-corrected chi connectivity index (χ3v) is 5.67. The molecule has 0 radical (unpaired) electrons. The van der Waals surface area contributed by atoms with Gasteiger partial charge in [-0.1, -0.05) is 61.5 Å². The maximum absolute atomic E-state index is 12.5. The zero-order valence-electron chi connectivity index (χ0n) is 14.4. The number of carbonyl (C=O) groups is 1. The number of ether oxygens (including phenoxy) is 1. The summed E-state index contributed by atoms with van der Waals surface area (Å²) in [6.45, 7) is 1.88. The molecule has 0 saturated heterocycles. The Morgan fingerprint density at radius 3 is 2.54 bits per heavy atom. The number of nitro groups is 1. The summed E-state index contributed by atoms with van der Waals surface area (Å²) < 4.78 is 5.87. The number of benzene rings is 2. The highest BCUT2D eigenvalue weighted by molar-refractivity contribution is 5.78. The quantitative estimate of drug-likeness (QED) is 0.481. The number of hydrogen-bond acceptors (Lipinski definition) is 4. The lowest BCUT2D eigenvalue weighted by Crippen LogP contribution is -2.59. The number of fused-ring (bicyclic) bond motifs is 3. The minimum atomic E-state index is -1.42. The molecule has 132 valence electrons. The molecule has 2 aromatic carbocycles. The number of para-hydroxylation sites is 1. The van der Waals surface area contributed by atoms with Gasteiger partial charge >= 0.3 is 0 Å². The lowest BCUT2D eigenvalue weighted by atomic mass is 9.58. The Kier molecular flexibility index (Phi) is 3.87. The Morgan fingerprint density at radius 1 is 1.15 bits per heavy atom. The number of carbonyl (C=O) groups excluding carboxylic acids is 1. The maximum atomic E-state index is 12.5. The first-order valence-corrected chi connectivity index (χ1v) is 8.67. The maximum Gasteiger partial charge on any atom is 0.273 e. The average molecular weight is 349 g/mol. The van der Waals surface area contributed by atoms with E-state index >= 15 is 0 Å². The van der Waals surface area contributed by atoms with Gasteiger partial charge in [0.25, 0.3) is 5.54 Å². The molecule has 4 atom stereocenters. The van der Waals surface area contributed by atoms with E-state index in [1.165, 1.54) is 0 Å². The largest absolute Gasteiger partial charge is 0.486 e. The van der Waals surface area contributed by atoms with Crippen molar-refractivity contribution in [2.75, 3.05) is 6.61 Å². The smallest absolute Gasteiger partial charge is 0.273 e. The summed E-state index contributed by atoms with van der Waals surface area (Å²) in [4.78, 5) is 24.1. The number of hydrogen-bond donors (Lipinski definition) is 0. The summed E-state index contributed by atoms with van der Waals surface area (Å²) in [7, 11) is 0. The zero-order chi connectivity index (χ0) is 18.3. The fourth-order valence-corrected chi connectivity index (χ4v) is 4.71. The van der Waals surface area contributed by atoms with Gasteiger partial charge in [0.1, 0.15) is 12.0 Å². The topological polar surface area (TPSA) is 69.4 Å². The Balaban J connectivity index is 2.01. The summed E-state index contributed by atoms with van der Waals surface area (Å²) in [5.41, 5.74) is 0.646. The highest BCUT2D eigenvalue weighted by atomic mass is 16.6. The molecule has 26 heavy (non-hydrogen) atoms. The predicted octanol–water partition coefficient (Wildman–Crippen LogP) is 3.74. The highest BCUT2D eigenvalue weighted by Crippen LogP contribution is 2.56. The highest BCUT2D eigenvalue weighted by Gasteiger charge is 2.64. The van der Waals surface area contributed by atoms with Gasteiger partial charge in [-0.15, -0.1) is 0 Å². The van der Waals surface area contributed by atoms with Crippen LogP contribution in [0.25, 0.3) is 0 Å². The molecule has 2 aliphatic rings. The van der Waals surface area contributed by atoms with E-state index in [-0.39, 0.29) is 23.4 Å². The number of aldehydes is 1. The van der Waals surface area contributed by atoms with Crippen LogP contribution in [0.15, 0.2) is 66.2 Å². The summed E-state index contributed by atoms with van der Waals surface area (Å²) in [6.07, 6.45) is 2.65. The van der Waals surface area contributed by atoms with Crippen LogP contribution >= 0.6 is 0 Å². The standard InChI is InChI=1S/C21H19NO4/c1-14-11-16(12-23)20(15-7-3-2-4-8-15)21(22(24)25)13-26-18-10-6-5-9-17(18)19(14)21/h2-12,14,19-20H,13H2,1H3/t14-,19-,20+,21+/m1/s1. The van der Waals surface area contributed by atoms with E-state index in [1.54, 1.807) is 0 Å². The van der Waals surface area contributed by atoms with Crippen LogP contribution in [0.5, 0.6) is 5.75 Å². The fourth-order valence-electron chi connectivity index (χ4n) is 4.71. The van der Waals surface area contributed by atoms with Crippen LogP contribution in [0.4, 0.5) is 0 Å². The van der Waals surface area contributed by atoms with E-state index in [9.17, 15) is 14.9 Å². The van der Waals surface area contributed by atoms with Gasteiger partial charge in [-0.2, -0.15) is 0 Å². The molecule has 0 saturated carbocycles. The molecule has 0 spiro atoms. The first-order valence-electron chi connectivity index (χ1n) is 8.67. The van der Waals surface area contributed by atoms with Crippen LogP contribution in [-0.4, -0.2) is 23.4 Å². The Hall–Kier alpha value is -2.95. The zero-order valence-corrected chi connectivity index (χ0v) is 14.4. The van der Waals surface area contributed by atoms with Crippen molar-refractivity contribution < 1.29 is 14.5 Å². The van der Waals surface area contributed by atoms with E-state index in [0.29, 0.717) is 11.3 Å². The summed E-state index contributed by atoms with van der Waals surface area (Å²) in [5.74, 6) is -0.468. The van der Waals surface area contributed by atoms with Crippen LogP contribution in [0.2, 0.25) is 0 Å². The molecule has 1 aliphatic heterocycles. The molecule has 5 nitrogen and oxygen atoms in total. The van der Waals surface area contributed by atoms with E-state index in [0.717, 1.165) is 17.4 Å². The average Bonchev–Trinajstić information content (AvgIpc) is 2.67. The van der Waals surface area contributed by atoms with Gasteiger partial charge in [0, 0.05) is 16.1 Å². The molecule has 0 amide bonds. The SMILES string of the molecule is C[C@@H]1C=C(C=O)[C@H](c2ccccc2)[C@]2([N+](=O)[O-])COc3ccccc3[C@@H]12. The number of allylic oxidation sites excluding steroid dienone is 1. The van der Waals surface area contributed by atoms with E-state index < -0.39 is 11.5 Å². The molecule has 0 unspecified atom stereocenters. The fraction of sp³-hybridized carbons (Fsp3) is 0.286. The number of nitrogens with zero attached hydrogens (tertiary/aromatic N) is 1. The first kappa shape index (κ1) is 16.5. The second-order valence-electron chi connectivity index (χ2n) is 7.04. The van der Waals surface area contributed by atoms with Crippen molar-refractivity contribution in [3.8, 4) is 5.75 Å². The Morgan fingerprint density at radius 2 is 1.85 bits per heavy atom. The van der Waals surface area contributed by atoms with Gasteiger partial charge in [-0.05, 0) is 17.5 Å². The monoisotopic (exact) mass is 349 g/mol. The van der Waals surface area contributed by atoms with Crippen LogP contribution in [-0.2, 0) is 4.79 Å². The van der Waals surface area contributed by atoms with Crippen molar-refractivity contribution in [3.05, 3.63) is 87.5 Å². The predicted molar refractivity (Wildman–Crippen MR) is 96.9 cm³/mol. The summed E-state index contributed by atoms with van der Waals surface area (Å²) >= 11 is 0. The Bertz CT molecular complexity index is 892. The van der Waals surface area contributed by atoms with Crippen molar-refractivity contribution in [1.82, 2.24) is 0 Å². The van der Waals surface area contributed by atoms with Gasteiger partial charge in [-0.25, -0.2) is 0 Å². The molecule has 0 aromatic heterocycles. The molecule has 0 N–H and O–H groups in total. The van der Waals surface area contributed by atoms with Crippen molar-refractivity contribution in [1.29, 1.82) is 0 Å². The van der Waals surface area contributed by atoms with Crippen LogP contribution in [0, 0.1) is 16.0 Å². The van der Waals surface area contributed by atoms with Crippen molar-refractivity contribution in [3.63, 3.8) is 0 Å². The van der Waals surface area contributed by atoms with E-state index in [1.807, 2.05) is 67.6 Å². The van der Waals surface area contributed by atoms with Gasteiger partial charge in [0.2, 0.25) is 0 Å². The summed E-state index contributed by atoms with van der Waals surface area (Å²) in [5, 5.41) is 12.5. The molecule has 0 bridgehead atoms. The molecule has 5 heteroatoms. The molecule has 1 heterocycles. The second kappa shape index (κ2) is 6.09. The molecule has 4 rings (SSSR count). The van der Waals surface area contributed by atoms with Crippen molar-refractivity contribution in [2.24, 2.45) is 5.92 Å².